The monoisotopic (exact) mass is 617 g/mol. The van der Waals surface area contributed by atoms with Crippen molar-refractivity contribution in [3.05, 3.63) is 105 Å². The molecule has 10 heteroatoms. The predicted octanol–water partition coefficient (Wildman–Crippen LogP) is 7.23. The first-order valence-electron chi connectivity index (χ1n) is 14.2. The van der Waals surface area contributed by atoms with E-state index in [0.29, 0.717) is 63.1 Å². The van der Waals surface area contributed by atoms with Crippen molar-refractivity contribution in [1.82, 2.24) is 9.97 Å². The smallest absolute Gasteiger partial charge is 0.345 e. The highest BCUT2D eigenvalue weighted by Crippen LogP contribution is 2.42. The lowest BCUT2D eigenvalue weighted by Gasteiger charge is -2.14. The Morgan fingerprint density at radius 3 is 2.47 bits per heavy atom. The molecular formula is C35H27N3O6S. The third kappa shape index (κ3) is 5.08. The zero-order valence-corrected chi connectivity index (χ0v) is 25.5. The highest BCUT2D eigenvalue weighted by Gasteiger charge is 2.28. The number of benzene rings is 3. The molecule has 0 saturated heterocycles. The molecule has 45 heavy (non-hydrogen) atoms. The van der Waals surface area contributed by atoms with Crippen LogP contribution in [-0.2, 0) is 6.42 Å². The van der Waals surface area contributed by atoms with Crippen LogP contribution in [0.3, 0.4) is 0 Å². The van der Waals surface area contributed by atoms with Crippen molar-refractivity contribution in [2.45, 2.75) is 12.8 Å². The molecule has 3 heterocycles. The van der Waals surface area contributed by atoms with Gasteiger partial charge in [0, 0.05) is 16.2 Å². The fourth-order valence-corrected chi connectivity index (χ4v) is 6.48. The number of pyridine rings is 1. The zero-order valence-electron chi connectivity index (χ0n) is 24.7. The molecule has 1 amide bonds. The third-order valence-electron chi connectivity index (χ3n) is 7.84. The largest absolute Gasteiger partial charge is 0.493 e. The minimum atomic E-state index is -0.485. The van der Waals surface area contributed by atoms with E-state index in [0.717, 1.165) is 33.2 Å². The first kappa shape index (κ1) is 28.3. The van der Waals surface area contributed by atoms with Crippen LogP contribution in [0.5, 0.6) is 17.2 Å². The molecule has 0 unspecified atom stereocenters. The van der Waals surface area contributed by atoms with Gasteiger partial charge in [-0.05, 0) is 65.9 Å². The molecule has 224 valence electrons. The van der Waals surface area contributed by atoms with E-state index in [1.807, 2.05) is 60.7 Å². The number of nitrogens with zero attached hydrogens (tertiary/aromatic N) is 2. The maximum atomic E-state index is 14.0. The summed E-state index contributed by atoms with van der Waals surface area (Å²) in [4.78, 5) is 36.2. The lowest BCUT2D eigenvalue weighted by molar-refractivity contribution is 0.102. The standard InChI is InChI=1S/C35H27N3O6S/c1-41-28-15-19(16-29(42-2)32(28)43-3)14-21-12-13-23-30(22-9-5-6-10-25(22)36-31(21)23)33(39)38-35-37-26(18-45-35)24-17-20-8-4-7-11-27(20)44-34(24)40/h4-11,14-18H,12-13H2,1-3H3,(H,37,38,39)/b21-14+. The summed E-state index contributed by atoms with van der Waals surface area (Å²) >= 11 is 1.25. The number of hydrogen-bond acceptors (Lipinski definition) is 9. The number of aromatic nitrogens is 2. The number of fused-ring (bicyclic) bond motifs is 3. The number of allylic oxidation sites excluding steroid dienone is 1. The second-order valence-corrected chi connectivity index (χ2v) is 11.3. The van der Waals surface area contributed by atoms with Crippen molar-refractivity contribution in [2.75, 3.05) is 26.6 Å². The summed E-state index contributed by atoms with van der Waals surface area (Å²) in [5.74, 6) is 1.34. The topological polar surface area (TPSA) is 113 Å². The van der Waals surface area contributed by atoms with Gasteiger partial charge in [0.05, 0.1) is 49.4 Å². The van der Waals surface area contributed by atoms with E-state index in [4.69, 9.17) is 23.6 Å². The minimum absolute atomic E-state index is 0.287. The number of rotatable bonds is 7. The highest BCUT2D eigenvalue weighted by molar-refractivity contribution is 7.14. The zero-order chi connectivity index (χ0) is 31.1. The van der Waals surface area contributed by atoms with Crippen molar-refractivity contribution in [3.8, 4) is 28.5 Å². The average molecular weight is 618 g/mol. The number of methoxy groups -OCH3 is 3. The fourth-order valence-electron chi connectivity index (χ4n) is 5.78. The summed E-state index contributed by atoms with van der Waals surface area (Å²) in [6.07, 6.45) is 3.39. The van der Waals surface area contributed by atoms with Crippen LogP contribution in [0, 0.1) is 0 Å². The van der Waals surface area contributed by atoms with Crippen LogP contribution in [0.2, 0.25) is 0 Å². The molecule has 0 fully saturated rings. The van der Waals surface area contributed by atoms with E-state index in [1.165, 1.54) is 11.3 Å². The fraction of sp³-hybridized carbons (Fsp3) is 0.143. The number of amides is 1. The maximum absolute atomic E-state index is 14.0. The Kier molecular flexibility index (Phi) is 7.26. The van der Waals surface area contributed by atoms with Gasteiger partial charge >= 0.3 is 5.63 Å². The summed E-state index contributed by atoms with van der Waals surface area (Å²) in [5, 5.41) is 6.64. The molecule has 0 spiro atoms. The number of ether oxygens (including phenoxy) is 3. The van der Waals surface area contributed by atoms with Crippen LogP contribution in [-0.4, -0.2) is 37.2 Å². The second-order valence-electron chi connectivity index (χ2n) is 10.4. The van der Waals surface area contributed by atoms with Crippen LogP contribution in [0.15, 0.2) is 81.3 Å². The van der Waals surface area contributed by atoms with Gasteiger partial charge in [0.1, 0.15) is 5.58 Å². The summed E-state index contributed by atoms with van der Waals surface area (Å²) in [6, 6.07) is 20.5. The third-order valence-corrected chi connectivity index (χ3v) is 8.60. The lowest BCUT2D eigenvalue weighted by Crippen LogP contribution is -2.15. The van der Waals surface area contributed by atoms with Crippen LogP contribution in [0.25, 0.3) is 44.8 Å². The van der Waals surface area contributed by atoms with Crippen LogP contribution >= 0.6 is 11.3 Å². The van der Waals surface area contributed by atoms with Crippen LogP contribution in [0.4, 0.5) is 5.13 Å². The SMILES string of the molecule is COc1cc(/C=C2\CCc3c2nc2ccccc2c3C(=O)Nc2nc(-c3cc4ccccc4oc3=O)cs2)cc(OC)c1OC. The molecule has 1 N–H and O–H groups in total. The van der Waals surface area contributed by atoms with Crippen molar-refractivity contribution in [1.29, 1.82) is 0 Å². The molecule has 0 bridgehead atoms. The van der Waals surface area contributed by atoms with Crippen molar-refractivity contribution < 1.29 is 23.4 Å². The summed E-state index contributed by atoms with van der Waals surface area (Å²) in [7, 11) is 4.74. The van der Waals surface area contributed by atoms with Gasteiger partial charge in [-0.15, -0.1) is 11.3 Å². The Labute approximate surface area is 261 Å². The first-order chi connectivity index (χ1) is 22.0. The molecule has 0 radical (unpaired) electrons. The first-order valence-corrected chi connectivity index (χ1v) is 15.1. The lowest BCUT2D eigenvalue weighted by atomic mass is 10.00. The van der Waals surface area contributed by atoms with Gasteiger partial charge in [0.15, 0.2) is 16.6 Å². The number of para-hydroxylation sites is 2. The average Bonchev–Trinajstić information content (AvgIpc) is 3.69. The Morgan fingerprint density at radius 1 is 0.933 bits per heavy atom. The van der Waals surface area contributed by atoms with Gasteiger partial charge in [-0.3, -0.25) is 10.1 Å². The predicted molar refractivity (Wildman–Crippen MR) is 176 cm³/mol. The van der Waals surface area contributed by atoms with E-state index in [1.54, 1.807) is 38.8 Å². The van der Waals surface area contributed by atoms with Crippen molar-refractivity contribution >= 4 is 55.9 Å². The number of carbonyl (C=O) groups excluding carboxylic acids is 1. The molecule has 0 aliphatic heterocycles. The summed E-state index contributed by atoms with van der Waals surface area (Å²) in [5.41, 5.74) is 5.59. The Hall–Kier alpha value is -5.48. The Morgan fingerprint density at radius 2 is 1.69 bits per heavy atom. The quantitative estimate of drug-likeness (QED) is 0.187. The minimum Gasteiger partial charge on any atom is -0.493 e. The van der Waals surface area contributed by atoms with E-state index < -0.39 is 5.63 Å². The normalized spacial score (nSPS) is 13.3. The second kappa shape index (κ2) is 11.5. The van der Waals surface area contributed by atoms with Gasteiger partial charge in [-0.2, -0.15) is 0 Å². The number of carbonyl (C=O) groups is 1. The van der Waals surface area contributed by atoms with Crippen LogP contribution < -0.4 is 25.2 Å². The van der Waals surface area contributed by atoms with E-state index in [9.17, 15) is 9.59 Å². The molecule has 0 saturated carbocycles. The van der Waals surface area contributed by atoms with E-state index in [-0.39, 0.29) is 5.91 Å². The Bertz CT molecular complexity index is 2190. The molecule has 0 atom stereocenters. The van der Waals surface area contributed by atoms with Gasteiger partial charge in [-0.1, -0.05) is 36.4 Å². The molecule has 3 aromatic heterocycles. The van der Waals surface area contributed by atoms with Gasteiger partial charge in [0.2, 0.25) is 5.75 Å². The summed E-state index contributed by atoms with van der Waals surface area (Å²) < 4.78 is 22.0. The van der Waals surface area contributed by atoms with E-state index >= 15 is 0 Å². The summed E-state index contributed by atoms with van der Waals surface area (Å²) in [6.45, 7) is 0. The van der Waals surface area contributed by atoms with Gasteiger partial charge < -0.3 is 18.6 Å². The molecule has 1 aliphatic rings. The van der Waals surface area contributed by atoms with E-state index in [2.05, 4.69) is 10.3 Å². The number of anilines is 1. The Balaban J connectivity index is 1.25. The molecule has 9 nitrogen and oxygen atoms in total. The molecular weight excluding hydrogens is 590 g/mol. The number of nitrogens with one attached hydrogen (secondary N) is 1. The molecule has 3 aromatic carbocycles. The maximum Gasteiger partial charge on any atom is 0.345 e. The number of hydrogen-bond donors (Lipinski definition) is 1. The van der Waals surface area contributed by atoms with Crippen molar-refractivity contribution in [3.63, 3.8) is 0 Å². The van der Waals surface area contributed by atoms with Crippen molar-refractivity contribution in [2.24, 2.45) is 0 Å². The van der Waals surface area contributed by atoms with Gasteiger partial charge in [0.25, 0.3) is 5.91 Å². The van der Waals surface area contributed by atoms with Crippen LogP contribution in [0.1, 0.15) is 33.6 Å². The highest BCUT2D eigenvalue weighted by atomic mass is 32.1. The molecule has 6 aromatic rings. The molecule has 7 rings (SSSR count). The van der Waals surface area contributed by atoms with Gasteiger partial charge in [-0.25, -0.2) is 14.8 Å². The molecule has 1 aliphatic carbocycles. The number of thiazole rings is 1.